The second-order valence-corrected chi connectivity index (χ2v) is 7.17. The number of piperazine rings is 1. The summed E-state index contributed by atoms with van der Waals surface area (Å²) in [5, 5.41) is 4.80. The van der Waals surface area contributed by atoms with E-state index in [2.05, 4.69) is 11.0 Å². The number of amides is 1. The molecule has 1 fully saturated rings. The molecule has 1 aliphatic heterocycles. The maximum absolute atomic E-state index is 11.6. The summed E-state index contributed by atoms with van der Waals surface area (Å²) in [6, 6.07) is 10.1. The summed E-state index contributed by atoms with van der Waals surface area (Å²) in [6.07, 6.45) is 0. The Morgan fingerprint density at radius 3 is 2.36 bits per heavy atom. The van der Waals surface area contributed by atoms with Crippen LogP contribution < -0.4 is 9.64 Å². The molecule has 28 heavy (non-hydrogen) atoms. The first-order valence-electron chi connectivity index (χ1n) is 9.50. The zero-order chi connectivity index (χ0) is 19.8. The van der Waals surface area contributed by atoms with Crippen LogP contribution in [0, 0.1) is 13.8 Å². The summed E-state index contributed by atoms with van der Waals surface area (Å²) in [6.45, 7) is 8.68. The Kier molecular flexibility index (Phi) is 4.66. The number of hydrogen-bond acceptors (Lipinski definition) is 5. The molecule has 1 amide bonds. The van der Waals surface area contributed by atoms with Gasteiger partial charge in [-0.3, -0.25) is 4.79 Å². The van der Waals surface area contributed by atoms with Crippen LogP contribution in [0.25, 0.3) is 16.8 Å². The van der Waals surface area contributed by atoms with Crippen LogP contribution in [0.3, 0.4) is 0 Å². The fourth-order valence-corrected chi connectivity index (χ4v) is 3.80. The van der Waals surface area contributed by atoms with E-state index in [1.807, 2.05) is 47.5 Å². The summed E-state index contributed by atoms with van der Waals surface area (Å²) in [7, 11) is 1.67. The molecular weight excluding hydrogens is 354 g/mol. The largest absolute Gasteiger partial charge is 0.497 e. The first-order chi connectivity index (χ1) is 13.5. The molecular formula is C21H25N5O2. The third kappa shape index (κ3) is 3.17. The quantitative estimate of drug-likeness (QED) is 0.700. The summed E-state index contributed by atoms with van der Waals surface area (Å²) >= 11 is 0. The van der Waals surface area contributed by atoms with Crippen molar-refractivity contribution in [2.75, 3.05) is 38.2 Å². The summed E-state index contributed by atoms with van der Waals surface area (Å²) in [4.78, 5) is 20.6. The van der Waals surface area contributed by atoms with Gasteiger partial charge in [-0.15, -0.1) is 0 Å². The Morgan fingerprint density at radius 1 is 1.07 bits per heavy atom. The highest BCUT2D eigenvalue weighted by Crippen LogP contribution is 2.31. The van der Waals surface area contributed by atoms with Crippen LogP contribution in [0.5, 0.6) is 5.75 Å². The molecule has 1 aromatic carbocycles. The van der Waals surface area contributed by atoms with Crippen LogP contribution in [-0.2, 0) is 4.79 Å². The van der Waals surface area contributed by atoms with Gasteiger partial charge in [-0.1, -0.05) is 12.1 Å². The van der Waals surface area contributed by atoms with Gasteiger partial charge in [-0.2, -0.15) is 9.61 Å². The zero-order valence-electron chi connectivity index (χ0n) is 16.8. The Bertz CT molecular complexity index is 1020. The molecule has 0 N–H and O–H groups in total. The van der Waals surface area contributed by atoms with E-state index in [0.29, 0.717) is 0 Å². The van der Waals surface area contributed by atoms with Gasteiger partial charge < -0.3 is 14.5 Å². The first kappa shape index (κ1) is 18.3. The fourth-order valence-electron chi connectivity index (χ4n) is 3.80. The number of nitrogens with zero attached hydrogens (tertiary/aromatic N) is 5. The molecule has 7 heteroatoms. The number of hydrogen-bond donors (Lipinski definition) is 0. The number of ether oxygens (including phenoxy) is 1. The molecule has 0 saturated carbocycles. The smallest absolute Gasteiger partial charge is 0.219 e. The summed E-state index contributed by atoms with van der Waals surface area (Å²) in [5.74, 6) is 1.98. The minimum Gasteiger partial charge on any atom is -0.497 e. The van der Waals surface area contributed by atoms with Crippen molar-refractivity contribution in [2.45, 2.75) is 20.8 Å². The van der Waals surface area contributed by atoms with Crippen molar-refractivity contribution in [1.29, 1.82) is 0 Å². The third-order valence-corrected chi connectivity index (χ3v) is 5.30. The predicted molar refractivity (Wildman–Crippen MR) is 109 cm³/mol. The van der Waals surface area contributed by atoms with Crippen molar-refractivity contribution in [3.05, 3.63) is 41.7 Å². The number of carbonyl (C=O) groups excluding carboxylic acids is 1. The van der Waals surface area contributed by atoms with E-state index >= 15 is 0 Å². The van der Waals surface area contributed by atoms with Crippen molar-refractivity contribution in [3.8, 4) is 16.9 Å². The molecule has 3 aromatic rings. The Labute approximate surface area is 164 Å². The van der Waals surface area contributed by atoms with Crippen LogP contribution in [-0.4, -0.2) is 58.7 Å². The number of benzene rings is 1. The molecule has 3 heterocycles. The van der Waals surface area contributed by atoms with Crippen molar-refractivity contribution in [2.24, 2.45) is 0 Å². The number of fused-ring (bicyclic) bond motifs is 1. The molecule has 146 valence electrons. The molecule has 0 atom stereocenters. The van der Waals surface area contributed by atoms with E-state index in [0.717, 1.165) is 65.9 Å². The number of anilines is 1. The molecule has 0 spiro atoms. The normalized spacial score (nSPS) is 14.6. The van der Waals surface area contributed by atoms with Crippen LogP contribution >= 0.6 is 0 Å². The van der Waals surface area contributed by atoms with Crippen molar-refractivity contribution in [3.63, 3.8) is 0 Å². The second kappa shape index (κ2) is 7.14. The Hall–Kier alpha value is -3.09. The Morgan fingerprint density at radius 2 is 1.75 bits per heavy atom. The lowest BCUT2D eigenvalue weighted by Crippen LogP contribution is -2.48. The van der Waals surface area contributed by atoms with Gasteiger partial charge in [0.1, 0.15) is 11.6 Å². The molecule has 0 bridgehead atoms. The molecule has 0 aliphatic carbocycles. The lowest BCUT2D eigenvalue weighted by Gasteiger charge is -2.35. The lowest BCUT2D eigenvalue weighted by atomic mass is 10.1. The van der Waals surface area contributed by atoms with Crippen LogP contribution in [0.15, 0.2) is 30.3 Å². The van der Waals surface area contributed by atoms with Gasteiger partial charge >= 0.3 is 0 Å². The van der Waals surface area contributed by atoms with Crippen LogP contribution in [0.4, 0.5) is 5.82 Å². The lowest BCUT2D eigenvalue weighted by molar-refractivity contribution is -0.129. The van der Waals surface area contributed by atoms with Gasteiger partial charge in [0.25, 0.3) is 0 Å². The molecule has 1 saturated heterocycles. The van der Waals surface area contributed by atoms with Gasteiger partial charge in [0.15, 0.2) is 5.65 Å². The topological polar surface area (TPSA) is 63.0 Å². The monoisotopic (exact) mass is 379 g/mol. The molecule has 0 radical (unpaired) electrons. The van der Waals surface area contributed by atoms with Crippen molar-refractivity contribution < 1.29 is 9.53 Å². The number of aryl methyl sites for hydroxylation is 2. The summed E-state index contributed by atoms with van der Waals surface area (Å²) in [5.41, 5.74) is 4.85. The Balaban J connectivity index is 1.76. The highest BCUT2D eigenvalue weighted by atomic mass is 16.5. The van der Waals surface area contributed by atoms with Crippen molar-refractivity contribution >= 4 is 17.4 Å². The van der Waals surface area contributed by atoms with E-state index in [1.54, 1.807) is 14.0 Å². The van der Waals surface area contributed by atoms with E-state index in [1.165, 1.54) is 0 Å². The van der Waals surface area contributed by atoms with E-state index in [9.17, 15) is 4.79 Å². The van der Waals surface area contributed by atoms with Gasteiger partial charge in [-0.25, -0.2) is 4.98 Å². The van der Waals surface area contributed by atoms with Crippen molar-refractivity contribution in [1.82, 2.24) is 19.5 Å². The highest BCUT2D eigenvalue weighted by molar-refractivity contribution is 5.81. The average Bonchev–Trinajstić information content (AvgIpc) is 3.03. The number of rotatable bonds is 3. The van der Waals surface area contributed by atoms with Gasteiger partial charge in [-0.05, 0) is 31.5 Å². The molecule has 4 rings (SSSR count). The fraction of sp³-hybridized carbons (Fsp3) is 0.381. The van der Waals surface area contributed by atoms with Crippen LogP contribution in [0.1, 0.15) is 18.3 Å². The first-order valence-corrected chi connectivity index (χ1v) is 9.50. The predicted octanol–water partition coefficient (Wildman–Crippen LogP) is 2.69. The SMILES string of the molecule is COc1ccc(-c2c(C)nn3c(N4CCN(C(C)=O)CC4)cc(C)nc23)cc1. The van der Waals surface area contributed by atoms with Crippen LogP contribution in [0.2, 0.25) is 0 Å². The minimum atomic E-state index is 0.132. The van der Waals surface area contributed by atoms with Gasteiger partial charge in [0, 0.05) is 50.4 Å². The number of carbonyl (C=O) groups is 1. The van der Waals surface area contributed by atoms with E-state index < -0.39 is 0 Å². The third-order valence-electron chi connectivity index (χ3n) is 5.30. The minimum absolute atomic E-state index is 0.132. The maximum Gasteiger partial charge on any atom is 0.219 e. The molecule has 7 nitrogen and oxygen atoms in total. The number of aromatic nitrogens is 3. The molecule has 0 unspecified atom stereocenters. The maximum atomic E-state index is 11.6. The summed E-state index contributed by atoms with van der Waals surface area (Å²) < 4.78 is 7.21. The standard InChI is InChI=1S/C21H25N5O2/c1-14-13-19(25-11-9-24(10-12-25)16(3)27)26-21(22-14)20(15(2)23-26)17-5-7-18(28-4)8-6-17/h5-8,13H,9-12H2,1-4H3. The molecule has 1 aliphatic rings. The second-order valence-electron chi connectivity index (χ2n) is 7.17. The van der Waals surface area contributed by atoms with E-state index in [4.69, 9.17) is 14.8 Å². The van der Waals surface area contributed by atoms with Gasteiger partial charge in [0.2, 0.25) is 5.91 Å². The molecule has 2 aromatic heterocycles. The van der Waals surface area contributed by atoms with Gasteiger partial charge in [0.05, 0.1) is 12.8 Å². The highest BCUT2D eigenvalue weighted by Gasteiger charge is 2.23. The number of methoxy groups -OCH3 is 1. The van der Waals surface area contributed by atoms with E-state index in [-0.39, 0.29) is 5.91 Å². The average molecular weight is 379 g/mol. The zero-order valence-corrected chi connectivity index (χ0v) is 16.8.